The van der Waals surface area contributed by atoms with Crippen molar-refractivity contribution in [3.63, 3.8) is 0 Å². The first-order valence-corrected chi connectivity index (χ1v) is 14.2. The van der Waals surface area contributed by atoms with E-state index in [-0.39, 0.29) is 0 Å². The third-order valence-electron chi connectivity index (χ3n) is 8.71. The maximum atomic E-state index is 2.48. The SMILES string of the molecule is c1ccc2cc(-c3ccc(-n4c5cc6ccccc6cc5c5c6ccccc6c6ccccc6c54)cc3)ccc2c1. The molecule has 0 saturated carbocycles. The molecule has 0 atom stereocenters. The van der Waals surface area contributed by atoms with E-state index in [0.29, 0.717) is 0 Å². The van der Waals surface area contributed by atoms with Gasteiger partial charge in [-0.1, -0.05) is 121 Å². The van der Waals surface area contributed by atoms with E-state index in [1.165, 1.54) is 81.7 Å². The molecule has 1 heteroatoms. The van der Waals surface area contributed by atoms with Gasteiger partial charge in [-0.25, -0.2) is 0 Å². The van der Waals surface area contributed by atoms with Crippen LogP contribution in [0.3, 0.4) is 0 Å². The predicted molar refractivity (Wildman–Crippen MR) is 176 cm³/mol. The molecule has 0 amide bonds. The molecular weight excluding hydrogens is 494 g/mol. The van der Waals surface area contributed by atoms with E-state index in [1.807, 2.05) is 0 Å². The summed E-state index contributed by atoms with van der Waals surface area (Å²) in [6.07, 6.45) is 0. The quantitative estimate of drug-likeness (QED) is 0.200. The highest BCUT2D eigenvalue weighted by molar-refractivity contribution is 6.32. The Bertz CT molecular complexity index is 2460. The zero-order valence-corrected chi connectivity index (χ0v) is 22.4. The highest BCUT2D eigenvalue weighted by Gasteiger charge is 2.19. The van der Waals surface area contributed by atoms with Crippen molar-refractivity contribution >= 4 is 64.9 Å². The Hall–Kier alpha value is -5.40. The van der Waals surface area contributed by atoms with Gasteiger partial charge in [0, 0.05) is 21.8 Å². The number of aromatic nitrogens is 1. The molecule has 41 heavy (non-hydrogen) atoms. The molecule has 0 unspecified atom stereocenters. The summed E-state index contributed by atoms with van der Waals surface area (Å²) >= 11 is 0. The van der Waals surface area contributed by atoms with Crippen LogP contribution in [0.4, 0.5) is 0 Å². The molecule has 1 nitrogen and oxygen atoms in total. The highest BCUT2D eigenvalue weighted by Crippen LogP contribution is 2.43. The van der Waals surface area contributed by atoms with Crippen molar-refractivity contribution in [2.75, 3.05) is 0 Å². The van der Waals surface area contributed by atoms with Crippen LogP contribution in [0.2, 0.25) is 0 Å². The summed E-state index contributed by atoms with van der Waals surface area (Å²) in [4.78, 5) is 0. The Balaban J connectivity index is 1.38. The van der Waals surface area contributed by atoms with Crippen LogP contribution in [0.1, 0.15) is 0 Å². The van der Waals surface area contributed by atoms with E-state index < -0.39 is 0 Å². The maximum Gasteiger partial charge on any atom is 0.0625 e. The van der Waals surface area contributed by atoms with Crippen molar-refractivity contribution in [1.29, 1.82) is 0 Å². The number of hydrogen-bond acceptors (Lipinski definition) is 0. The Morgan fingerprint density at radius 3 is 1.61 bits per heavy atom. The van der Waals surface area contributed by atoms with Gasteiger partial charge in [-0.05, 0) is 79.2 Å². The second-order valence-corrected chi connectivity index (χ2v) is 11.0. The first-order chi connectivity index (χ1) is 20.3. The molecule has 0 aliphatic carbocycles. The van der Waals surface area contributed by atoms with Crippen LogP contribution >= 0.6 is 0 Å². The first-order valence-electron chi connectivity index (χ1n) is 14.2. The Labute approximate surface area is 237 Å². The van der Waals surface area contributed by atoms with Gasteiger partial charge in [0.25, 0.3) is 0 Å². The van der Waals surface area contributed by atoms with Gasteiger partial charge in [-0.15, -0.1) is 0 Å². The minimum Gasteiger partial charge on any atom is -0.309 e. The molecule has 1 heterocycles. The zero-order chi connectivity index (χ0) is 26.9. The number of rotatable bonds is 2. The van der Waals surface area contributed by atoms with Crippen LogP contribution in [0.15, 0.2) is 152 Å². The lowest BCUT2D eigenvalue weighted by molar-refractivity contribution is 1.19. The normalized spacial score (nSPS) is 11.9. The fraction of sp³-hybridized carbons (Fsp3) is 0. The summed E-state index contributed by atoms with van der Waals surface area (Å²) in [5.41, 5.74) is 6.13. The monoisotopic (exact) mass is 519 g/mol. The minimum atomic E-state index is 1.17. The van der Waals surface area contributed by atoms with Crippen molar-refractivity contribution in [1.82, 2.24) is 4.57 Å². The van der Waals surface area contributed by atoms with Crippen molar-refractivity contribution in [2.24, 2.45) is 0 Å². The van der Waals surface area contributed by atoms with Gasteiger partial charge in [0.05, 0.1) is 11.0 Å². The van der Waals surface area contributed by atoms with E-state index in [9.17, 15) is 0 Å². The maximum absolute atomic E-state index is 2.48. The molecule has 0 bridgehead atoms. The van der Waals surface area contributed by atoms with Crippen LogP contribution in [-0.4, -0.2) is 4.57 Å². The van der Waals surface area contributed by atoms with E-state index >= 15 is 0 Å². The van der Waals surface area contributed by atoms with Gasteiger partial charge in [-0.2, -0.15) is 0 Å². The zero-order valence-electron chi connectivity index (χ0n) is 22.4. The van der Waals surface area contributed by atoms with Crippen molar-refractivity contribution in [3.05, 3.63) is 152 Å². The van der Waals surface area contributed by atoms with Crippen LogP contribution in [-0.2, 0) is 0 Å². The van der Waals surface area contributed by atoms with Gasteiger partial charge in [0.2, 0.25) is 0 Å². The second kappa shape index (κ2) is 8.55. The van der Waals surface area contributed by atoms with Gasteiger partial charge < -0.3 is 4.57 Å². The first kappa shape index (κ1) is 22.4. The lowest BCUT2D eigenvalue weighted by atomic mass is 9.96. The molecule has 0 saturated heterocycles. The Morgan fingerprint density at radius 2 is 0.878 bits per heavy atom. The van der Waals surface area contributed by atoms with Crippen LogP contribution in [0.25, 0.3) is 81.7 Å². The third kappa shape index (κ3) is 3.30. The molecule has 8 aromatic carbocycles. The summed E-state index contributed by atoms with van der Waals surface area (Å²) in [6, 6.07) is 55.6. The van der Waals surface area contributed by atoms with Gasteiger partial charge in [-0.3, -0.25) is 0 Å². The highest BCUT2D eigenvalue weighted by atomic mass is 15.0. The fourth-order valence-corrected chi connectivity index (χ4v) is 6.80. The molecule has 9 rings (SSSR count). The smallest absolute Gasteiger partial charge is 0.0625 e. The standard InChI is InChI=1S/C40H25N/c1-2-10-28-23-31(18-17-26(28)9-1)27-19-21-32(22-20-27)41-38-25-30-12-4-3-11-29(30)24-37(38)39-35-15-7-5-13-33(35)34-14-6-8-16-36(34)40(39)41/h1-25H. The van der Waals surface area contributed by atoms with Crippen molar-refractivity contribution in [2.45, 2.75) is 0 Å². The van der Waals surface area contributed by atoms with Crippen LogP contribution < -0.4 is 0 Å². The summed E-state index contributed by atoms with van der Waals surface area (Å²) in [6.45, 7) is 0. The third-order valence-corrected chi connectivity index (χ3v) is 8.71. The predicted octanol–water partition coefficient (Wildman–Crippen LogP) is 11.1. The number of benzene rings is 8. The second-order valence-electron chi connectivity index (χ2n) is 11.0. The molecule has 0 radical (unpaired) electrons. The topological polar surface area (TPSA) is 4.93 Å². The Morgan fingerprint density at radius 1 is 0.341 bits per heavy atom. The van der Waals surface area contributed by atoms with Gasteiger partial charge >= 0.3 is 0 Å². The fourth-order valence-electron chi connectivity index (χ4n) is 6.80. The number of hydrogen-bond donors (Lipinski definition) is 0. The lowest BCUT2D eigenvalue weighted by Gasteiger charge is -2.13. The van der Waals surface area contributed by atoms with Crippen molar-refractivity contribution < 1.29 is 0 Å². The van der Waals surface area contributed by atoms with Gasteiger partial charge in [0.1, 0.15) is 0 Å². The largest absolute Gasteiger partial charge is 0.309 e. The lowest BCUT2D eigenvalue weighted by Crippen LogP contribution is -1.95. The van der Waals surface area contributed by atoms with Crippen molar-refractivity contribution in [3.8, 4) is 16.8 Å². The Kier molecular flexibility index (Phi) is 4.67. The average molecular weight is 520 g/mol. The molecular formula is C40H25N. The molecule has 0 spiro atoms. The summed E-state index contributed by atoms with van der Waals surface area (Å²) < 4.78 is 2.48. The molecule has 190 valence electrons. The van der Waals surface area contributed by atoms with E-state index in [2.05, 4.69) is 156 Å². The summed E-state index contributed by atoms with van der Waals surface area (Å²) in [7, 11) is 0. The summed E-state index contributed by atoms with van der Waals surface area (Å²) in [5, 5.41) is 12.8. The minimum absolute atomic E-state index is 1.17. The molecule has 0 aliphatic heterocycles. The van der Waals surface area contributed by atoms with Crippen LogP contribution in [0.5, 0.6) is 0 Å². The molecule has 0 aliphatic rings. The average Bonchev–Trinajstić information content (AvgIpc) is 3.38. The van der Waals surface area contributed by atoms with Crippen LogP contribution in [0, 0.1) is 0 Å². The molecule has 9 aromatic rings. The van der Waals surface area contributed by atoms with E-state index in [0.717, 1.165) is 0 Å². The molecule has 1 aromatic heterocycles. The van der Waals surface area contributed by atoms with E-state index in [1.54, 1.807) is 0 Å². The number of nitrogens with zero attached hydrogens (tertiary/aromatic N) is 1. The molecule has 0 fully saturated rings. The van der Waals surface area contributed by atoms with E-state index in [4.69, 9.17) is 0 Å². The summed E-state index contributed by atoms with van der Waals surface area (Å²) in [5.74, 6) is 0. The molecule has 0 N–H and O–H groups in total. The number of fused-ring (bicyclic) bond motifs is 10. The van der Waals surface area contributed by atoms with Gasteiger partial charge in [0.15, 0.2) is 0 Å².